The second kappa shape index (κ2) is 8.83. The third-order valence-electron chi connectivity index (χ3n) is 3.98. The molecule has 1 heterocycles. The zero-order chi connectivity index (χ0) is 20.1. The second-order valence-electron chi connectivity index (χ2n) is 6.47. The summed E-state index contributed by atoms with van der Waals surface area (Å²) in [7, 11) is 1.24. The summed E-state index contributed by atoms with van der Waals surface area (Å²) in [6.45, 7) is 5.59. The summed E-state index contributed by atoms with van der Waals surface area (Å²) in [6, 6.07) is 1.38. The summed E-state index contributed by atoms with van der Waals surface area (Å²) in [6.07, 6.45) is 1.50. The van der Waals surface area contributed by atoms with Crippen molar-refractivity contribution in [3.63, 3.8) is 0 Å². The van der Waals surface area contributed by atoms with Crippen LogP contribution in [-0.4, -0.2) is 43.1 Å². The van der Waals surface area contributed by atoms with Gasteiger partial charge in [0.15, 0.2) is 11.6 Å². The van der Waals surface area contributed by atoms with Gasteiger partial charge in [0.2, 0.25) is 11.6 Å². The van der Waals surface area contributed by atoms with Crippen LogP contribution in [0.5, 0.6) is 11.5 Å². The van der Waals surface area contributed by atoms with Gasteiger partial charge in [0.05, 0.1) is 20.3 Å². The highest BCUT2D eigenvalue weighted by Crippen LogP contribution is 2.32. The fourth-order valence-corrected chi connectivity index (χ4v) is 2.78. The first-order chi connectivity index (χ1) is 12.8. The Labute approximate surface area is 156 Å². The van der Waals surface area contributed by atoms with Crippen LogP contribution in [0.2, 0.25) is 0 Å². The number of esters is 1. The molecule has 27 heavy (non-hydrogen) atoms. The van der Waals surface area contributed by atoms with Crippen molar-refractivity contribution in [3.8, 4) is 11.5 Å². The molecule has 0 bridgehead atoms. The minimum atomic E-state index is -0.990. The number of ether oxygens (including phenoxy) is 3. The molecule has 0 unspecified atom stereocenters. The van der Waals surface area contributed by atoms with Gasteiger partial charge in [-0.1, -0.05) is 13.8 Å². The number of carbonyl (C=O) groups excluding carboxylic acids is 2. The Morgan fingerprint density at radius 3 is 2.59 bits per heavy atom. The summed E-state index contributed by atoms with van der Waals surface area (Å²) >= 11 is 0. The Balaban J connectivity index is 2.21. The molecule has 1 aliphatic heterocycles. The maximum atomic E-state index is 14.4. The van der Waals surface area contributed by atoms with Gasteiger partial charge in [-0.15, -0.1) is 0 Å². The highest BCUT2D eigenvalue weighted by atomic mass is 19.1. The quantitative estimate of drug-likeness (QED) is 0.646. The van der Waals surface area contributed by atoms with E-state index in [9.17, 15) is 18.4 Å². The number of nitrogens with zero attached hydrogens (tertiary/aromatic N) is 1. The van der Waals surface area contributed by atoms with Gasteiger partial charge in [-0.3, -0.25) is 4.79 Å². The van der Waals surface area contributed by atoms with Crippen LogP contribution in [0.1, 0.15) is 27.2 Å². The highest BCUT2D eigenvalue weighted by molar-refractivity contribution is 5.94. The maximum absolute atomic E-state index is 14.4. The van der Waals surface area contributed by atoms with Gasteiger partial charge in [-0.05, 0) is 31.4 Å². The SMILES string of the molecule is CCOc1ccc(F)c(OC2=CC(=O)N([C@@H](CC(C)C)C(=O)OC)C2)c1F. The van der Waals surface area contributed by atoms with Crippen LogP contribution in [-0.2, 0) is 14.3 Å². The van der Waals surface area contributed by atoms with E-state index in [0.717, 1.165) is 18.2 Å². The molecule has 1 atom stereocenters. The van der Waals surface area contributed by atoms with Crippen molar-refractivity contribution in [3.05, 3.63) is 35.6 Å². The first-order valence-corrected chi connectivity index (χ1v) is 8.66. The molecule has 148 valence electrons. The van der Waals surface area contributed by atoms with Gasteiger partial charge < -0.3 is 19.1 Å². The molecule has 0 aliphatic carbocycles. The fourth-order valence-electron chi connectivity index (χ4n) is 2.78. The second-order valence-corrected chi connectivity index (χ2v) is 6.47. The van der Waals surface area contributed by atoms with Crippen LogP contribution >= 0.6 is 0 Å². The van der Waals surface area contributed by atoms with Crippen LogP contribution in [0, 0.1) is 17.6 Å². The molecule has 0 N–H and O–H groups in total. The van der Waals surface area contributed by atoms with Crippen LogP contribution in [0.3, 0.4) is 0 Å². The Hall–Kier alpha value is -2.64. The number of carbonyl (C=O) groups is 2. The Kier molecular flexibility index (Phi) is 6.76. The number of benzene rings is 1. The van der Waals surface area contributed by atoms with E-state index in [2.05, 4.69) is 0 Å². The topological polar surface area (TPSA) is 65.1 Å². The van der Waals surface area contributed by atoms with Crippen LogP contribution in [0.15, 0.2) is 24.0 Å². The molecule has 0 radical (unpaired) electrons. The minimum Gasteiger partial charge on any atom is -0.491 e. The standard InChI is InChI=1S/C19H23F2NO5/c1-5-26-15-7-6-13(20)18(17(15)21)27-12-9-16(23)22(10-12)14(8-11(2)3)19(24)25-4/h6-7,9,11,14H,5,8,10H2,1-4H3/t14-/m0/s1. The van der Waals surface area contributed by atoms with Crippen LogP contribution < -0.4 is 9.47 Å². The predicted octanol–water partition coefficient (Wildman–Crippen LogP) is 3.06. The van der Waals surface area contributed by atoms with Gasteiger partial charge in [-0.2, -0.15) is 4.39 Å². The largest absolute Gasteiger partial charge is 0.491 e. The molecule has 0 fully saturated rings. The number of methoxy groups -OCH3 is 1. The van der Waals surface area contributed by atoms with E-state index in [1.165, 1.54) is 12.0 Å². The lowest BCUT2D eigenvalue weighted by atomic mass is 10.0. The van der Waals surface area contributed by atoms with E-state index in [1.54, 1.807) is 6.92 Å². The fraction of sp³-hybridized carbons (Fsp3) is 0.474. The molecule has 8 heteroatoms. The average molecular weight is 383 g/mol. The van der Waals surface area contributed by atoms with Crippen molar-refractivity contribution in [2.45, 2.75) is 33.2 Å². The minimum absolute atomic E-state index is 0.0316. The summed E-state index contributed by atoms with van der Waals surface area (Å²) in [5, 5.41) is 0. The molecular formula is C19H23F2NO5. The maximum Gasteiger partial charge on any atom is 0.328 e. The van der Waals surface area contributed by atoms with E-state index in [4.69, 9.17) is 14.2 Å². The number of halogens is 2. The van der Waals surface area contributed by atoms with E-state index >= 15 is 0 Å². The Morgan fingerprint density at radius 2 is 2.00 bits per heavy atom. The monoisotopic (exact) mass is 383 g/mol. The summed E-state index contributed by atoms with van der Waals surface area (Å²) in [5.74, 6) is -3.59. The molecule has 1 amide bonds. The molecule has 6 nitrogen and oxygen atoms in total. The molecular weight excluding hydrogens is 360 g/mol. The van der Waals surface area contributed by atoms with E-state index < -0.39 is 35.3 Å². The molecule has 1 aliphatic rings. The Bertz CT molecular complexity index is 748. The highest BCUT2D eigenvalue weighted by Gasteiger charge is 2.35. The third kappa shape index (κ3) is 4.75. The third-order valence-corrected chi connectivity index (χ3v) is 3.98. The van der Waals surface area contributed by atoms with Gasteiger partial charge in [0.25, 0.3) is 5.91 Å². The van der Waals surface area contributed by atoms with Crippen molar-refractivity contribution < 1.29 is 32.6 Å². The van der Waals surface area contributed by atoms with Crippen molar-refractivity contribution >= 4 is 11.9 Å². The molecule has 1 aromatic carbocycles. The zero-order valence-electron chi connectivity index (χ0n) is 15.8. The first kappa shape index (κ1) is 20.7. The van der Waals surface area contributed by atoms with Crippen molar-refractivity contribution in [1.82, 2.24) is 4.90 Å². The summed E-state index contributed by atoms with van der Waals surface area (Å²) < 4.78 is 43.6. The zero-order valence-corrected chi connectivity index (χ0v) is 15.8. The summed E-state index contributed by atoms with van der Waals surface area (Å²) in [4.78, 5) is 25.6. The number of hydrogen-bond acceptors (Lipinski definition) is 5. The lowest BCUT2D eigenvalue weighted by Gasteiger charge is -2.27. The van der Waals surface area contributed by atoms with Crippen LogP contribution in [0.4, 0.5) is 8.78 Å². The van der Waals surface area contributed by atoms with Gasteiger partial charge >= 0.3 is 5.97 Å². The van der Waals surface area contributed by atoms with Gasteiger partial charge in [-0.25, -0.2) is 9.18 Å². The lowest BCUT2D eigenvalue weighted by molar-refractivity contribution is -0.151. The molecule has 0 aromatic heterocycles. The van der Waals surface area contributed by atoms with Crippen LogP contribution in [0.25, 0.3) is 0 Å². The molecule has 0 spiro atoms. The normalized spacial score (nSPS) is 15.0. The smallest absolute Gasteiger partial charge is 0.328 e. The van der Waals surface area contributed by atoms with Crippen molar-refractivity contribution in [2.75, 3.05) is 20.3 Å². The number of hydrogen-bond donors (Lipinski definition) is 0. The summed E-state index contributed by atoms with van der Waals surface area (Å²) in [5.41, 5.74) is 0. The molecule has 0 saturated heterocycles. The van der Waals surface area contributed by atoms with Gasteiger partial charge in [0.1, 0.15) is 11.8 Å². The number of rotatable bonds is 8. The van der Waals surface area contributed by atoms with E-state index in [1.807, 2.05) is 13.8 Å². The first-order valence-electron chi connectivity index (χ1n) is 8.66. The predicted molar refractivity (Wildman–Crippen MR) is 93.2 cm³/mol. The number of amides is 1. The van der Waals surface area contributed by atoms with Gasteiger partial charge in [0, 0.05) is 6.08 Å². The van der Waals surface area contributed by atoms with Crippen molar-refractivity contribution in [2.24, 2.45) is 5.92 Å². The van der Waals surface area contributed by atoms with E-state index in [-0.39, 0.29) is 30.6 Å². The molecule has 0 saturated carbocycles. The average Bonchev–Trinajstić information content (AvgIpc) is 2.98. The lowest BCUT2D eigenvalue weighted by Crippen LogP contribution is -2.44. The molecule has 1 aromatic rings. The van der Waals surface area contributed by atoms with E-state index in [0.29, 0.717) is 6.42 Å². The Morgan fingerprint density at radius 1 is 1.30 bits per heavy atom. The van der Waals surface area contributed by atoms with Crippen molar-refractivity contribution in [1.29, 1.82) is 0 Å². The molecule has 2 rings (SSSR count).